The van der Waals surface area contributed by atoms with E-state index in [2.05, 4.69) is 58.9 Å². The number of hydrogen-bond donors (Lipinski definition) is 1. The zero-order valence-electron chi connectivity index (χ0n) is 11.3. The maximum absolute atomic E-state index is 11.1. The second kappa shape index (κ2) is 6.34. The van der Waals surface area contributed by atoms with E-state index in [0.717, 1.165) is 11.0 Å². The first-order chi connectivity index (χ1) is 8.36. The summed E-state index contributed by atoms with van der Waals surface area (Å²) in [5, 5.41) is 3.13. The second-order valence-corrected chi connectivity index (χ2v) is 5.94. The molecule has 0 atom stereocenters. The van der Waals surface area contributed by atoms with Gasteiger partial charge in [-0.05, 0) is 30.2 Å². The van der Waals surface area contributed by atoms with Crippen molar-refractivity contribution in [2.75, 3.05) is 20.2 Å². The third kappa shape index (κ3) is 4.10. The van der Waals surface area contributed by atoms with Gasteiger partial charge in [0.05, 0.1) is 13.7 Å². The highest BCUT2D eigenvalue weighted by Gasteiger charge is 2.22. The maximum Gasteiger partial charge on any atom is 0.319 e. The lowest BCUT2D eigenvalue weighted by molar-refractivity contribution is -0.139. The maximum atomic E-state index is 11.1. The van der Waals surface area contributed by atoms with E-state index in [4.69, 9.17) is 0 Å². The van der Waals surface area contributed by atoms with Crippen LogP contribution < -0.4 is 5.32 Å². The van der Waals surface area contributed by atoms with Gasteiger partial charge < -0.3 is 10.1 Å². The van der Waals surface area contributed by atoms with Crippen molar-refractivity contribution in [1.29, 1.82) is 0 Å². The van der Waals surface area contributed by atoms with Crippen LogP contribution in [0, 0.1) is 6.92 Å². The number of benzene rings is 1. The molecule has 0 radical (unpaired) electrons. The second-order valence-electron chi connectivity index (χ2n) is 5.02. The molecule has 0 aromatic heterocycles. The normalized spacial score (nSPS) is 11.4. The Hall–Kier alpha value is -0.870. The van der Waals surface area contributed by atoms with E-state index >= 15 is 0 Å². The van der Waals surface area contributed by atoms with Crippen molar-refractivity contribution in [3.05, 3.63) is 33.8 Å². The standard InChI is InChI=1S/C14H20BrNO2/c1-10-5-6-11(15)7-12(10)14(2,3)9-16-8-13(17)18-4/h5-7,16H,8-9H2,1-4H3. The first kappa shape index (κ1) is 15.2. The summed E-state index contributed by atoms with van der Waals surface area (Å²) in [5.74, 6) is -0.239. The topological polar surface area (TPSA) is 38.3 Å². The monoisotopic (exact) mass is 313 g/mol. The van der Waals surface area contributed by atoms with Crippen LogP contribution in [0.3, 0.4) is 0 Å². The Kier molecular flexibility index (Phi) is 5.35. The first-order valence-electron chi connectivity index (χ1n) is 5.91. The predicted octanol–water partition coefficient (Wildman–Crippen LogP) is 2.80. The number of halogens is 1. The Balaban J connectivity index is 2.73. The Morgan fingerprint density at radius 2 is 2.11 bits per heavy atom. The van der Waals surface area contributed by atoms with Crippen molar-refractivity contribution in [2.24, 2.45) is 0 Å². The van der Waals surface area contributed by atoms with E-state index in [1.165, 1.54) is 18.2 Å². The summed E-state index contributed by atoms with van der Waals surface area (Å²) in [6.07, 6.45) is 0. The minimum atomic E-state index is -0.239. The molecule has 0 unspecified atom stereocenters. The molecule has 0 saturated heterocycles. The van der Waals surface area contributed by atoms with Gasteiger partial charge in [0.1, 0.15) is 0 Å². The molecular weight excluding hydrogens is 294 g/mol. The zero-order valence-corrected chi connectivity index (χ0v) is 12.9. The molecule has 4 heteroatoms. The van der Waals surface area contributed by atoms with Gasteiger partial charge in [0.25, 0.3) is 0 Å². The highest BCUT2D eigenvalue weighted by molar-refractivity contribution is 9.10. The molecule has 1 N–H and O–H groups in total. The summed E-state index contributed by atoms with van der Waals surface area (Å²) in [7, 11) is 1.40. The van der Waals surface area contributed by atoms with Crippen LogP contribution in [0.15, 0.2) is 22.7 Å². The molecule has 0 aliphatic carbocycles. The Bertz CT molecular complexity index is 430. The van der Waals surface area contributed by atoms with E-state index in [1.54, 1.807) is 0 Å². The molecule has 0 amide bonds. The van der Waals surface area contributed by atoms with Crippen molar-refractivity contribution in [1.82, 2.24) is 5.32 Å². The number of aryl methyl sites for hydroxylation is 1. The number of hydrogen-bond acceptors (Lipinski definition) is 3. The fourth-order valence-corrected chi connectivity index (χ4v) is 2.33. The first-order valence-corrected chi connectivity index (χ1v) is 6.70. The van der Waals surface area contributed by atoms with Crippen molar-refractivity contribution in [3.8, 4) is 0 Å². The summed E-state index contributed by atoms with van der Waals surface area (Å²) in [6.45, 7) is 7.38. The third-order valence-corrected chi connectivity index (χ3v) is 3.49. The van der Waals surface area contributed by atoms with Gasteiger partial charge in [0.2, 0.25) is 0 Å². The molecular formula is C14H20BrNO2. The van der Waals surface area contributed by atoms with E-state index < -0.39 is 0 Å². The molecule has 0 fully saturated rings. The summed E-state index contributed by atoms with van der Waals surface area (Å²) >= 11 is 3.50. The highest BCUT2D eigenvalue weighted by Crippen LogP contribution is 2.28. The Morgan fingerprint density at radius 1 is 1.44 bits per heavy atom. The molecule has 0 spiro atoms. The Labute approximate surface area is 117 Å². The van der Waals surface area contributed by atoms with Gasteiger partial charge in [-0.15, -0.1) is 0 Å². The number of esters is 1. The third-order valence-electron chi connectivity index (χ3n) is 2.99. The average Bonchev–Trinajstić information content (AvgIpc) is 2.31. The summed E-state index contributed by atoms with van der Waals surface area (Å²) in [6, 6.07) is 6.27. The number of carbonyl (C=O) groups is 1. The smallest absolute Gasteiger partial charge is 0.319 e. The van der Waals surface area contributed by atoms with Crippen molar-refractivity contribution in [3.63, 3.8) is 0 Å². The minimum absolute atomic E-state index is 0.0398. The van der Waals surface area contributed by atoms with Crippen LogP contribution in [0.25, 0.3) is 0 Å². The molecule has 0 saturated carbocycles. The fraction of sp³-hybridized carbons (Fsp3) is 0.500. The van der Waals surface area contributed by atoms with Crippen LogP contribution in [0.2, 0.25) is 0 Å². The molecule has 100 valence electrons. The highest BCUT2D eigenvalue weighted by atomic mass is 79.9. The van der Waals surface area contributed by atoms with E-state index in [0.29, 0.717) is 0 Å². The van der Waals surface area contributed by atoms with Gasteiger partial charge in [-0.25, -0.2) is 0 Å². The lowest BCUT2D eigenvalue weighted by Crippen LogP contribution is -2.36. The van der Waals surface area contributed by atoms with Gasteiger partial charge in [-0.3, -0.25) is 4.79 Å². The van der Waals surface area contributed by atoms with Crippen LogP contribution in [-0.4, -0.2) is 26.2 Å². The number of methoxy groups -OCH3 is 1. The van der Waals surface area contributed by atoms with E-state index in [1.807, 2.05) is 6.07 Å². The number of nitrogens with one attached hydrogen (secondary N) is 1. The van der Waals surface area contributed by atoms with Crippen molar-refractivity contribution < 1.29 is 9.53 Å². The minimum Gasteiger partial charge on any atom is -0.468 e. The quantitative estimate of drug-likeness (QED) is 0.849. The molecule has 1 aromatic carbocycles. The fourth-order valence-electron chi connectivity index (χ4n) is 1.97. The zero-order chi connectivity index (χ0) is 13.8. The predicted molar refractivity (Wildman–Crippen MR) is 76.8 cm³/mol. The molecule has 3 nitrogen and oxygen atoms in total. The summed E-state index contributed by atoms with van der Waals surface area (Å²) < 4.78 is 5.68. The SMILES string of the molecule is COC(=O)CNCC(C)(C)c1cc(Br)ccc1C. The van der Waals surface area contributed by atoms with Gasteiger partial charge in [0, 0.05) is 16.4 Å². The molecule has 1 aromatic rings. The molecule has 0 aliphatic heterocycles. The van der Waals surface area contributed by atoms with E-state index in [9.17, 15) is 4.79 Å². The molecule has 0 aliphatic rings. The summed E-state index contributed by atoms with van der Waals surface area (Å²) in [5.41, 5.74) is 2.49. The van der Waals surface area contributed by atoms with Crippen LogP contribution in [0.1, 0.15) is 25.0 Å². The molecule has 0 bridgehead atoms. The molecule has 18 heavy (non-hydrogen) atoms. The average molecular weight is 314 g/mol. The van der Waals surface area contributed by atoms with Crippen molar-refractivity contribution in [2.45, 2.75) is 26.2 Å². The molecule has 1 rings (SSSR count). The van der Waals surface area contributed by atoms with E-state index in [-0.39, 0.29) is 17.9 Å². The van der Waals surface area contributed by atoms with Gasteiger partial charge in [-0.2, -0.15) is 0 Å². The lowest BCUT2D eigenvalue weighted by atomic mass is 9.82. The number of carbonyl (C=O) groups excluding carboxylic acids is 1. The van der Waals surface area contributed by atoms with Crippen LogP contribution in [-0.2, 0) is 14.9 Å². The lowest BCUT2D eigenvalue weighted by Gasteiger charge is -2.27. The molecule has 0 heterocycles. The van der Waals surface area contributed by atoms with Gasteiger partial charge in [-0.1, -0.05) is 35.8 Å². The van der Waals surface area contributed by atoms with Crippen LogP contribution in [0.5, 0.6) is 0 Å². The number of ether oxygens (including phenoxy) is 1. The number of rotatable bonds is 5. The van der Waals surface area contributed by atoms with Crippen LogP contribution in [0.4, 0.5) is 0 Å². The van der Waals surface area contributed by atoms with Crippen molar-refractivity contribution >= 4 is 21.9 Å². The Morgan fingerprint density at radius 3 is 2.72 bits per heavy atom. The van der Waals surface area contributed by atoms with Gasteiger partial charge >= 0.3 is 5.97 Å². The summed E-state index contributed by atoms with van der Waals surface area (Å²) in [4.78, 5) is 11.1. The van der Waals surface area contributed by atoms with Crippen LogP contribution >= 0.6 is 15.9 Å². The largest absolute Gasteiger partial charge is 0.468 e. The van der Waals surface area contributed by atoms with Gasteiger partial charge in [0.15, 0.2) is 0 Å².